The fourth-order valence-electron chi connectivity index (χ4n) is 3.89. The number of alkyl halides is 3. The summed E-state index contributed by atoms with van der Waals surface area (Å²) in [7, 11) is 0. The number of thiocarbonyl (C=S) groups is 1. The van der Waals surface area contributed by atoms with E-state index in [9.17, 15) is 18.0 Å². The van der Waals surface area contributed by atoms with Crippen molar-refractivity contribution in [3.63, 3.8) is 0 Å². The summed E-state index contributed by atoms with van der Waals surface area (Å²) < 4.78 is 40.2. The van der Waals surface area contributed by atoms with Gasteiger partial charge in [0.2, 0.25) is 0 Å². The van der Waals surface area contributed by atoms with Crippen molar-refractivity contribution in [3.05, 3.63) is 120 Å². The summed E-state index contributed by atoms with van der Waals surface area (Å²) in [5.41, 5.74) is 3.10. The quantitative estimate of drug-likeness (QED) is 0.233. The number of hydrogen-bond donors (Lipinski definition) is 3. The van der Waals surface area contributed by atoms with Crippen molar-refractivity contribution in [2.45, 2.75) is 19.1 Å². The highest BCUT2D eigenvalue weighted by molar-refractivity contribution is 7.80. The number of carbonyl (C=O) groups excluding carboxylic acids is 1. The molecule has 1 atom stereocenters. The summed E-state index contributed by atoms with van der Waals surface area (Å²) in [5.74, 6) is -0.407. The molecular weight excluding hydrogens is 495 g/mol. The molecule has 0 fully saturated rings. The average molecular weight is 520 g/mol. The number of rotatable bonds is 6. The SMILES string of the molecule is Cc1cc(-c2ccccc2)ccc1NC(=O)C(NC(=S)Nc1ccccc1C(F)(F)F)c1ccccc1. The third-order valence-corrected chi connectivity index (χ3v) is 5.96. The monoisotopic (exact) mass is 519 g/mol. The van der Waals surface area contributed by atoms with Gasteiger partial charge in [-0.05, 0) is 65.7 Å². The highest BCUT2D eigenvalue weighted by Gasteiger charge is 2.33. The topological polar surface area (TPSA) is 53.2 Å². The molecule has 0 aliphatic rings. The molecule has 0 aliphatic carbocycles. The Hall–Kier alpha value is -4.17. The van der Waals surface area contributed by atoms with Crippen LogP contribution in [0.1, 0.15) is 22.7 Å². The lowest BCUT2D eigenvalue weighted by atomic mass is 10.0. The molecule has 0 aromatic heterocycles. The lowest BCUT2D eigenvalue weighted by Crippen LogP contribution is -2.39. The Morgan fingerprint density at radius 2 is 1.38 bits per heavy atom. The van der Waals surface area contributed by atoms with Crippen LogP contribution in [0.25, 0.3) is 11.1 Å². The Morgan fingerprint density at radius 3 is 2.03 bits per heavy atom. The second kappa shape index (κ2) is 11.3. The lowest BCUT2D eigenvalue weighted by molar-refractivity contribution is -0.137. The van der Waals surface area contributed by atoms with Crippen LogP contribution in [-0.4, -0.2) is 11.0 Å². The van der Waals surface area contributed by atoms with Gasteiger partial charge in [0.25, 0.3) is 5.91 Å². The molecule has 1 unspecified atom stereocenters. The minimum absolute atomic E-state index is 0.114. The van der Waals surface area contributed by atoms with Crippen LogP contribution in [0.5, 0.6) is 0 Å². The van der Waals surface area contributed by atoms with Gasteiger partial charge >= 0.3 is 6.18 Å². The molecule has 4 rings (SSSR count). The van der Waals surface area contributed by atoms with E-state index in [2.05, 4.69) is 16.0 Å². The van der Waals surface area contributed by atoms with E-state index < -0.39 is 23.7 Å². The van der Waals surface area contributed by atoms with E-state index in [-0.39, 0.29) is 10.8 Å². The van der Waals surface area contributed by atoms with Crippen LogP contribution in [0.4, 0.5) is 24.5 Å². The summed E-state index contributed by atoms with van der Waals surface area (Å²) in [5, 5.41) is 8.28. The summed E-state index contributed by atoms with van der Waals surface area (Å²) >= 11 is 5.31. The number of benzene rings is 4. The van der Waals surface area contributed by atoms with Crippen LogP contribution < -0.4 is 16.0 Å². The average Bonchev–Trinajstić information content (AvgIpc) is 2.89. The van der Waals surface area contributed by atoms with E-state index >= 15 is 0 Å². The van der Waals surface area contributed by atoms with E-state index in [1.165, 1.54) is 18.2 Å². The summed E-state index contributed by atoms with van der Waals surface area (Å²) in [6.45, 7) is 1.90. The number of anilines is 2. The minimum Gasteiger partial charge on any atom is -0.347 e. The van der Waals surface area contributed by atoms with Crippen LogP contribution in [0.2, 0.25) is 0 Å². The maximum absolute atomic E-state index is 13.4. The largest absolute Gasteiger partial charge is 0.418 e. The summed E-state index contributed by atoms with van der Waals surface area (Å²) in [6.07, 6.45) is -4.56. The molecule has 0 aliphatic heterocycles. The molecule has 4 aromatic rings. The van der Waals surface area contributed by atoms with Gasteiger partial charge in [-0.1, -0.05) is 78.9 Å². The molecule has 4 nitrogen and oxygen atoms in total. The van der Waals surface area contributed by atoms with E-state index in [4.69, 9.17) is 12.2 Å². The highest BCUT2D eigenvalue weighted by Crippen LogP contribution is 2.34. The first-order chi connectivity index (χ1) is 17.7. The number of hydrogen-bond acceptors (Lipinski definition) is 2. The van der Waals surface area contributed by atoms with Gasteiger partial charge in [0.15, 0.2) is 5.11 Å². The maximum Gasteiger partial charge on any atom is 0.418 e. The first kappa shape index (κ1) is 25.9. The van der Waals surface area contributed by atoms with Gasteiger partial charge in [0.1, 0.15) is 6.04 Å². The normalized spacial score (nSPS) is 11.9. The Bertz CT molecular complexity index is 1390. The van der Waals surface area contributed by atoms with Crippen LogP contribution in [0, 0.1) is 6.92 Å². The summed E-state index contributed by atoms with van der Waals surface area (Å²) in [4.78, 5) is 13.4. The molecule has 0 radical (unpaired) electrons. The van der Waals surface area contributed by atoms with Gasteiger partial charge in [-0.2, -0.15) is 13.2 Å². The maximum atomic E-state index is 13.4. The third-order valence-electron chi connectivity index (χ3n) is 5.74. The van der Waals surface area contributed by atoms with Crippen LogP contribution in [0.3, 0.4) is 0 Å². The minimum atomic E-state index is -4.56. The van der Waals surface area contributed by atoms with Crippen LogP contribution >= 0.6 is 12.2 Å². The molecule has 4 aromatic carbocycles. The molecule has 0 saturated heterocycles. The van der Waals surface area contributed by atoms with Crippen molar-refractivity contribution in [1.29, 1.82) is 0 Å². The smallest absolute Gasteiger partial charge is 0.347 e. The van der Waals surface area contributed by atoms with Gasteiger partial charge in [-0.15, -0.1) is 0 Å². The summed E-state index contributed by atoms with van der Waals surface area (Å²) in [6, 6.07) is 28.5. The molecule has 3 N–H and O–H groups in total. The zero-order valence-electron chi connectivity index (χ0n) is 19.8. The molecule has 0 saturated carbocycles. The van der Waals surface area contributed by atoms with Gasteiger partial charge in [0, 0.05) is 5.69 Å². The number of amides is 1. The van der Waals surface area contributed by atoms with Gasteiger partial charge < -0.3 is 16.0 Å². The number of nitrogens with one attached hydrogen (secondary N) is 3. The number of halogens is 3. The van der Waals surface area contributed by atoms with Crippen molar-refractivity contribution < 1.29 is 18.0 Å². The van der Waals surface area contributed by atoms with E-state index in [0.29, 0.717) is 11.3 Å². The fourth-order valence-corrected chi connectivity index (χ4v) is 4.12. The first-order valence-corrected chi connectivity index (χ1v) is 11.9. The van der Waals surface area contributed by atoms with E-state index in [0.717, 1.165) is 22.8 Å². The molecule has 0 spiro atoms. The molecule has 1 amide bonds. The highest BCUT2D eigenvalue weighted by atomic mass is 32.1. The fraction of sp³-hybridized carbons (Fsp3) is 0.103. The van der Waals surface area contributed by atoms with Crippen molar-refractivity contribution in [1.82, 2.24) is 5.32 Å². The first-order valence-electron chi connectivity index (χ1n) is 11.5. The lowest BCUT2D eigenvalue weighted by Gasteiger charge is -2.22. The Kier molecular flexibility index (Phi) is 7.89. The third kappa shape index (κ3) is 6.54. The Labute approximate surface area is 218 Å². The zero-order chi connectivity index (χ0) is 26.4. The molecule has 37 heavy (non-hydrogen) atoms. The molecule has 0 heterocycles. The van der Waals surface area contributed by atoms with Gasteiger partial charge in [-0.25, -0.2) is 0 Å². The number of para-hydroxylation sites is 1. The van der Waals surface area contributed by atoms with Crippen molar-refractivity contribution in [3.8, 4) is 11.1 Å². The van der Waals surface area contributed by atoms with Gasteiger partial charge in [-0.3, -0.25) is 4.79 Å². The predicted molar refractivity (Wildman–Crippen MR) is 145 cm³/mol. The zero-order valence-corrected chi connectivity index (χ0v) is 20.7. The second-order valence-corrected chi connectivity index (χ2v) is 8.78. The molecule has 0 bridgehead atoms. The van der Waals surface area contributed by atoms with Crippen molar-refractivity contribution >= 4 is 34.6 Å². The molecule has 8 heteroatoms. The van der Waals surface area contributed by atoms with Gasteiger partial charge in [0.05, 0.1) is 11.3 Å². The van der Waals surface area contributed by atoms with Crippen molar-refractivity contribution in [2.75, 3.05) is 10.6 Å². The van der Waals surface area contributed by atoms with E-state index in [1.54, 1.807) is 30.3 Å². The predicted octanol–water partition coefficient (Wildman–Crippen LogP) is 7.35. The number of aryl methyl sites for hydroxylation is 1. The van der Waals surface area contributed by atoms with Crippen LogP contribution in [-0.2, 0) is 11.0 Å². The Balaban J connectivity index is 1.54. The van der Waals surface area contributed by atoms with Crippen LogP contribution in [0.15, 0.2) is 103 Å². The second-order valence-electron chi connectivity index (χ2n) is 8.37. The molecule has 188 valence electrons. The van der Waals surface area contributed by atoms with E-state index in [1.807, 2.05) is 55.5 Å². The van der Waals surface area contributed by atoms with Crippen molar-refractivity contribution in [2.24, 2.45) is 0 Å². The number of carbonyl (C=O) groups is 1. The standard InChI is InChI=1S/C29H24F3N3OS/c1-19-18-22(20-10-4-2-5-11-20)16-17-24(19)33-27(36)26(21-12-6-3-7-13-21)35-28(37)34-25-15-9-8-14-23(25)29(30,31)32/h2-18,26H,1H3,(H,33,36)(H2,34,35,37). The molecular formula is C29H24F3N3OS. The Morgan fingerprint density at radius 1 is 0.757 bits per heavy atom.